The first-order valence-corrected chi connectivity index (χ1v) is 9.01. The molecule has 132 valence electrons. The topological polar surface area (TPSA) is 50.3 Å². The predicted molar refractivity (Wildman–Crippen MR) is 94.2 cm³/mol. The van der Waals surface area contributed by atoms with E-state index in [2.05, 4.69) is 20.2 Å². The van der Waals surface area contributed by atoms with Crippen LogP contribution in [0.5, 0.6) is 5.75 Å². The lowest BCUT2D eigenvalue weighted by Gasteiger charge is -2.19. The minimum Gasteiger partial charge on any atom is -0.493 e. The van der Waals surface area contributed by atoms with Gasteiger partial charge >= 0.3 is 0 Å². The van der Waals surface area contributed by atoms with Crippen LogP contribution in [0.25, 0.3) is 0 Å². The number of halogens is 1. The molecule has 2 aromatic rings. The summed E-state index contributed by atoms with van der Waals surface area (Å²) in [4.78, 5) is 11.2. The number of fused-ring (bicyclic) bond motifs is 1. The first kappa shape index (κ1) is 16.3. The largest absolute Gasteiger partial charge is 0.493 e. The summed E-state index contributed by atoms with van der Waals surface area (Å²) in [6.07, 6.45) is 8.06. The van der Waals surface area contributed by atoms with Gasteiger partial charge in [0, 0.05) is 49.2 Å². The van der Waals surface area contributed by atoms with Gasteiger partial charge < -0.3 is 15.0 Å². The van der Waals surface area contributed by atoms with E-state index in [0.29, 0.717) is 13.2 Å². The lowest BCUT2D eigenvalue weighted by molar-refractivity contribution is 0.315. The van der Waals surface area contributed by atoms with Crippen molar-refractivity contribution in [3.63, 3.8) is 0 Å². The fourth-order valence-electron chi connectivity index (χ4n) is 3.52. The molecule has 0 radical (unpaired) electrons. The summed E-state index contributed by atoms with van der Waals surface area (Å²) in [5.41, 5.74) is 1.93. The normalized spacial score (nSPS) is 20.0. The van der Waals surface area contributed by atoms with Crippen LogP contribution in [0.15, 0.2) is 30.6 Å². The van der Waals surface area contributed by atoms with Crippen molar-refractivity contribution >= 4 is 5.95 Å². The van der Waals surface area contributed by atoms with Crippen LogP contribution in [0, 0.1) is 5.82 Å². The second kappa shape index (κ2) is 7.35. The van der Waals surface area contributed by atoms with E-state index in [0.717, 1.165) is 48.8 Å². The van der Waals surface area contributed by atoms with Crippen molar-refractivity contribution in [1.82, 2.24) is 15.3 Å². The Morgan fingerprint density at radius 2 is 1.96 bits per heavy atom. The van der Waals surface area contributed by atoms with Gasteiger partial charge in [-0.1, -0.05) is 0 Å². The lowest BCUT2D eigenvalue weighted by atomic mass is 10.0. The van der Waals surface area contributed by atoms with Gasteiger partial charge in [-0.05, 0) is 43.9 Å². The molecule has 1 atom stereocenters. The van der Waals surface area contributed by atoms with E-state index < -0.39 is 0 Å². The number of aromatic nitrogens is 2. The molecule has 6 heteroatoms. The van der Waals surface area contributed by atoms with Gasteiger partial charge in [-0.3, -0.25) is 0 Å². The molecule has 0 bridgehead atoms. The van der Waals surface area contributed by atoms with E-state index in [9.17, 15) is 4.39 Å². The first-order valence-electron chi connectivity index (χ1n) is 9.01. The van der Waals surface area contributed by atoms with Crippen LogP contribution < -0.4 is 15.0 Å². The quantitative estimate of drug-likeness (QED) is 0.924. The molecule has 1 aromatic carbocycles. The molecule has 4 rings (SSSR count). The van der Waals surface area contributed by atoms with Crippen LogP contribution in [0.4, 0.5) is 10.3 Å². The average Bonchev–Trinajstić information content (AvgIpc) is 3.10. The maximum Gasteiger partial charge on any atom is 0.225 e. The van der Waals surface area contributed by atoms with Gasteiger partial charge in [0.15, 0.2) is 0 Å². The van der Waals surface area contributed by atoms with Gasteiger partial charge in [-0.15, -0.1) is 0 Å². The van der Waals surface area contributed by atoms with E-state index in [-0.39, 0.29) is 11.9 Å². The van der Waals surface area contributed by atoms with E-state index >= 15 is 0 Å². The molecule has 1 aromatic heterocycles. The monoisotopic (exact) mass is 342 g/mol. The highest BCUT2D eigenvalue weighted by Gasteiger charge is 2.20. The molecule has 5 nitrogen and oxygen atoms in total. The Balaban J connectivity index is 1.43. The summed E-state index contributed by atoms with van der Waals surface area (Å²) >= 11 is 0. The van der Waals surface area contributed by atoms with Gasteiger partial charge in [0.05, 0.1) is 6.61 Å². The van der Waals surface area contributed by atoms with Gasteiger partial charge in [0.2, 0.25) is 5.95 Å². The van der Waals surface area contributed by atoms with Crippen molar-refractivity contribution in [2.24, 2.45) is 0 Å². The molecule has 0 saturated carbocycles. The maximum absolute atomic E-state index is 13.6. The van der Waals surface area contributed by atoms with Crippen molar-refractivity contribution in [1.29, 1.82) is 0 Å². The Bertz CT molecular complexity index is 716. The summed E-state index contributed by atoms with van der Waals surface area (Å²) in [6, 6.07) is 4.82. The highest BCUT2D eigenvalue weighted by atomic mass is 19.1. The third-order valence-corrected chi connectivity index (χ3v) is 4.88. The number of nitrogens with one attached hydrogen (secondary N) is 1. The molecule has 0 spiro atoms. The number of benzene rings is 1. The highest BCUT2D eigenvalue weighted by molar-refractivity contribution is 5.37. The minimum atomic E-state index is -0.227. The van der Waals surface area contributed by atoms with Gasteiger partial charge in [0.25, 0.3) is 0 Å². The number of ether oxygens (including phenoxy) is 1. The summed E-state index contributed by atoms with van der Waals surface area (Å²) in [7, 11) is 0. The molecule has 3 heterocycles. The smallest absolute Gasteiger partial charge is 0.225 e. The molecule has 0 unspecified atom stereocenters. The summed E-state index contributed by atoms with van der Waals surface area (Å²) in [6.45, 7) is 3.41. The molecule has 2 aliphatic rings. The van der Waals surface area contributed by atoms with Crippen LogP contribution in [0.1, 0.15) is 42.9 Å². The number of anilines is 1. The SMILES string of the molecule is Fc1ccc2c(c1)[C@H](NCc1cnc(N3CCCC3)nc1)CCCO2. The highest BCUT2D eigenvalue weighted by Crippen LogP contribution is 2.32. The van der Waals surface area contributed by atoms with E-state index in [4.69, 9.17) is 4.74 Å². The molecule has 1 N–H and O–H groups in total. The molecule has 0 amide bonds. The first-order chi connectivity index (χ1) is 12.3. The third kappa shape index (κ3) is 3.74. The molecule has 1 fully saturated rings. The number of hydrogen-bond acceptors (Lipinski definition) is 5. The number of nitrogens with zero attached hydrogens (tertiary/aromatic N) is 3. The van der Waals surface area contributed by atoms with E-state index in [1.54, 1.807) is 12.1 Å². The van der Waals surface area contributed by atoms with Crippen molar-refractivity contribution in [3.05, 3.63) is 47.5 Å². The predicted octanol–water partition coefficient (Wildman–Crippen LogP) is 3.22. The van der Waals surface area contributed by atoms with Gasteiger partial charge in [-0.25, -0.2) is 14.4 Å². The number of rotatable bonds is 4. The van der Waals surface area contributed by atoms with E-state index in [1.165, 1.54) is 18.9 Å². The lowest BCUT2D eigenvalue weighted by Crippen LogP contribution is -2.22. The zero-order chi connectivity index (χ0) is 17.1. The Morgan fingerprint density at radius 1 is 1.16 bits per heavy atom. The third-order valence-electron chi connectivity index (χ3n) is 4.88. The van der Waals surface area contributed by atoms with Crippen LogP contribution in [-0.4, -0.2) is 29.7 Å². The van der Waals surface area contributed by atoms with Crippen LogP contribution in [0.2, 0.25) is 0 Å². The Kier molecular flexibility index (Phi) is 4.78. The van der Waals surface area contributed by atoms with Gasteiger partial charge in [-0.2, -0.15) is 0 Å². The Hall–Kier alpha value is -2.21. The molecular formula is C19H23FN4O. The summed E-state index contributed by atoms with van der Waals surface area (Å²) in [5.74, 6) is 1.36. The fraction of sp³-hybridized carbons (Fsp3) is 0.474. The van der Waals surface area contributed by atoms with Crippen LogP contribution >= 0.6 is 0 Å². The average molecular weight is 342 g/mol. The summed E-state index contributed by atoms with van der Waals surface area (Å²) < 4.78 is 19.4. The molecule has 1 saturated heterocycles. The standard InChI is InChI=1S/C19H23FN4O/c20-15-5-6-18-16(10-15)17(4-3-9-25-18)21-11-14-12-22-19(23-13-14)24-7-1-2-8-24/h5-6,10,12-13,17,21H,1-4,7-9,11H2/t17-/m1/s1. The molecule has 2 aliphatic heterocycles. The number of hydrogen-bond donors (Lipinski definition) is 1. The molecule has 25 heavy (non-hydrogen) atoms. The van der Waals surface area contributed by atoms with Crippen molar-refractivity contribution in [2.75, 3.05) is 24.6 Å². The van der Waals surface area contributed by atoms with Crippen molar-refractivity contribution in [3.8, 4) is 5.75 Å². The van der Waals surface area contributed by atoms with Crippen LogP contribution in [0.3, 0.4) is 0 Å². The zero-order valence-electron chi connectivity index (χ0n) is 14.2. The zero-order valence-corrected chi connectivity index (χ0v) is 14.2. The van der Waals surface area contributed by atoms with E-state index in [1.807, 2.05) is 12.4 Å². The van der Waals surface area contributed by atoms with Gasteiger partial charge in [0.1, 0.15) is 11.6 Å². The molecule has 0 aliphatic carbocycles. The Labute approximate surface area is 147 Å². The second-order valence-electron chi connectivity index (χ2n) is 6.69. The maximum atomic E-state index is 13.6. The van der Waals surface area contributed by atoms with Crippen molar-refractivity contribution in [2.45, 2.75) is 38.3 Å². The fourth-order valence-corrected chi connectivity index (χ4v) is 3.52. The molecular weight excluding hydrogens is 319 g/mol. The Morgan fingerprint density at radius 3 is 2.76 bits per heavy atom. The second-order valence-corrected chi connectivity index (χ2v) is 6.69. The minimum absolute atomic E-state index is 0.0754. The summed E-state index contributed by atoms with van der Waals surface area (Å²) in [5, 5.41) is 3.51. The van der Waals surface area contributed by atoms with Crippen LogP contribution in [-0.2, 0) is 6.54 Å². The van der Waals surface area contributed by atoms with Crippen molar-refractivity contribution < 1.29 is 9.13 Å².